The largest absolute Gasteiger partial charge is 0.486 e. The van der Waals surface area contributed by atoms with Gasteiger partial charge in [0, 0.05) is 23.7 Å². The third-order valence-corrected chi connectivity index (χ3v) is 2.56. The summed E-state index contributed by atoms with van der Waals surface area (Å²) in [5, 5.41) is 8.65. The first-order valence-electron chi connectivity index (χ1n) is 6.30. The molecular formula is C16H13F2NO2. The zero-order chi connectivity index (χ0) is 15.1. The van der Waals surface area contributed by atoms with E-state index in [9.17, 15) is 8.78 Å². The first-order chi connectivity index (χ1) is 10.2. The number of aliphatic hydroxyl groups excluding tert-OH is 1. The lowest BCUT2D eigenvalue weighted by Gasteiger charge is -2.07. The maximum Gasteiger partial charge on any atom is 0.165 e. The van der Waals surface area contributed by atoms with Gasteiger partial charge in [-0.2, -0.15) is 0 Å². The van der Waals surface area contributed by atoms with Crippen molar-refractivity contribution >= 4 is 0 Å². The third-order valence-electron chi connectivity index (χ3n) is 2.56. The summed E-state index contributed by atoms with van der Waals surface area (Å²) >= 11 is 0. The lowest BCUT2D eigenvalue weighted by atomic mass is 10.2. The van der Waals surface area contributed by atoms with Crippen molar-refractivity contribution in [3.8, 4) is 17.6 Å². The van der Waals surface area contributed by atoms with Crippen LogP contribution < -0.4 is 4.74 Å². The SMILES string of the molecule is OCCC#Cc1ccc(F)c(OCc2cncc(F)c2)c1. The van der Waals surface area contributed by atoms with Crippen LogP contribution in [0.5, 0.6) is 5.75 Å². The fourth-order valence-electron chi connectivity index (χ4n) is 1.61. The second-order valence-electron chi connectivity index (χ2n) is 4.22. The Bertz CT molecular complexity index is 677. The monoisotopic (exact) mass is 289 g/mol. The second kappa shape index (κ2) is 7.36. The number of rotatable bonds is 4. The van der Waals surface area contributed by atoms with E-state index < -0.39 is 11.6 Å². The molecule has 21 heavy (non-hydrogen) atoms. The van der Waals surface area contributed by atoms with E-state index in [-0.39, 0.29) is 19.0 Å². The van der Waals surface area contributed by atoms with Crippen LogP contribution in [0.25, 0.3) is 0 Å². The van der Waals surface area contributed by atoms with Crippen molar-refractivity contribution in [1.82, 2.24) is 4.98 Å². The van der Waals surface area contributed by atoms with Gasteiger partial charge in [-0.3, -0.25) is 4.98 Å². The van der Waals surface area contributed by atoms with Crippen LogP contribution in [0.2, 0.25) is 0 Å². The maximum atomic E-state index is 13.6. The van der Waals surface area contributed by atoms with Crippen molar-refractivity contribution in [2.24, 2.45) is 0 Å². The van der Waals surface area contributed by atoms with Gasteiger partial charge in [0.1, 0.15) is 12.4 Å². The smallest absolute Gasteiger partial charge is 0.165 e. The molecule has 0 fully saturated rings. The highest BCUT2D eigenvalue weighted by Gasteiger charge is 2.05. The summed E-state index contributed by atoms with van der Waals surface area (Å²) in [5.74, 6) is 4.58. The zero-order valence-electron chi connectivity index (χ0n) is 11.1. The van der Waals surface area contributed by atoms with E-state index in [1.165, 1.54) is 30.5 Å². The Morgan fingerprint density at radius 1 is 1.19 bits per heavy atom. The Hall–Kier alpha value is -2.45. The number of benzene rings is 1. The number of aromatic nitrogens is 1. The molecule has 2 aromatic rings. The van der Waals surface area contributed by atoms with Gasteiger partial charge in [-0.05, 0) is 24.3 Å². The van der Waals surface area contributed by atoms with Gasteiger partial charge in [0.05, 0.1) is 12.8 Å². The Morgan fingerprint density at radius 3 is 2.81 bits per heavy atom. The number of aliphatic hydroxyl groups is 1. The number of nitrogens with zero attached hydrogens (tertiary/aromatic N) is 1. The lowest BCUT2D eigenvalue weighted by Crippen LogP contribution is -1.99. The molecule has 0 atom stereocenters. The van der Waals surface area contributed by atoms with Gasteiger partial charge < -0.3 is 9.84 Å². The standard InChI is InChI=1S/C16H13F2NO2/c17-14-7-13(9-19-10-14)11-21-16-8-12(3-1-2-6-20)4-5-15(16)18/h4-5,7-10,20H,2,6,11H2. The van der Waals surface area contributed by atoms with Crippen LogP contribution in [0.1, 0.15) is 17.5 Å². The number of hydrogen-bond donors (Lipinski definition) is 1. The van der Waals surface area contributed by atoms with Crippen LogP contribution >= 0.6 is 0 Å². The van der Waals surface area contributed by atoms with Crippen molar-refractivity contribution in [2.45, 2.75) is 13.0 Å². The van der Waals surface area contributed by atoms with Crippen molar-refractivity contribution < 1.29 is 18.6 Å². The van der Waals surface area contributed by atoms with Gasteiger partial charge in [0.15, 0.2) is 11.6 Å². The molecule has 0 spiro atoms. The summed E-state index contributed by atoms with van der Waals surface area (Å²) in [6.45, 7) is -0.0146. The molecule has 0 saturated heterocycles. The fourth-order valence-corrected chi connectivity index (χ4v) is 1.61. The topological polar surface area (TPSA) is 42.4 Å². The molecule has 1 aromatic heterocycles. The molecule has 0 saturated carbocycles. The molecule has 0 aliphatic rings. The van der Waals surface area contributed by atoms with Gasteiger partial charge in [-0.1, -0.05) is 11.8 Å². The van der Waals surface area contributed by atoms with Crippen LogP contribution in [-0.4, -0.2) is 16.7 Å². The molecule has 2 rings (SSSR count). The zero-order valence-corrected chi connectivity index (χ0v) is 11.1. The lowest BCUT2D eigenvalue weighted by molar-refractivity contribution is 0.289. The van der Waals surface area contributed by atoms with E-state index in [2.05, 4.69) is 16.8 Å². The molecule has 0 amide bonds. The molecule has 0 radical (unpaired) electrons. The molecule has 0 aliphatic heterocycles. The van der Waals surface area contributed by atoms with E-state index in [4.69, 9.17) is 9.84 Å². The summed E-state index contributed by atoms with van der Waals surface area (Å²) < 4.78 is 31.9. The predicted molar refractivity (Wildman–Crippen MR) is 73.5 cm³/mol. The highest BCUT2D eigenvalue weighted by atomic mass is 19.1. The first kappa shape index (κ1) is 14.9. The van der Waals surface area contributed by atoms with Gasteiger partial charge in [-0.15, -0.1) is 0 Å². The fraction of sp³-hybridized carbons (Fsp3) is 0.188. The molecule has 1 aromatic carbocycles. The number of hydrogen-bond acceptors (Lipinski definition) is 3. The van der Waals surface area contributed by atoms with E-state index in [1.54, 1.807) is 0 Å². The summed E-state index contributed by atoms with van der Waals surface area (Å²) in [5.41, 5.74) is 1.09. The van der Waals surface area contributed by atoms with Gasteiger partial charge in [0.2, 0.25) is 0 Å². The van der Waals surface area contributed by atoms with Gasteiger partial charge in [-0.25, -0.2) is 8.78 Å². The Balaban J connectivity index is 2.09. The average Bonchev–Trinajstić information content (AvgIpc) is 2.48. The summed E-state index contributed by atoms with van der Waals surface area (Å²) in [6.07, 6.45) is 2.88. The Morgan fingerprint density at radius 2 is 2.05 bits per heavy atom. The van der Waals surface area contributed by atoms with Gasteiger partial charge in [0.25, 0.3) is 0 Å². The van der Waals surface area contributed by atoms with E-state index in [0.29, 0.717) is 17.5 Å². The highest BCUT2D eigenvalue weighted by Crippen LogP contribution is 2.19. The first-order valence-corrected chi connectivity index (χ1v) is 6.30. The van der Waals surface area contributed by atoms with Crippen LogP contribution in [0, 0.1) is 23.5 Å². The van der Waals surface area contributed by atoms with Crippen molar-refractivity contribution in [1.29, 1.82) is 0 Å². The molecule has 0 bridgehead atoms. The quantitative estimate of drug-likeness (QED) is 0.880. The average molecular weight is 289 g/mol. The minimum atomic E-state index is -0.521. The molecule has 5 heteroatoms. The van der Waals surface area contributed by atoms with Crippen molar-refractivity contribution in [3.05, 3.63) is 59.4 Å². The molecule has 1 N–H and O–H groups in total. The molecule has 1 heterocycles. The van der Waals surface area contributed by atoms with Gasteiger partial charge >= 0.3 is 0 Å². The van der Waals surface area contributed by atoms with E-state index >= 15 is 0 Å². The minimum Gasteiger partial charge on any atom is -0.486 e. The number of halogens is 2. The second-order valence-corrected chi connectivity index (χ2v) is 4.22. The Kier molecular flexibility index (Phi) is 5.24. The van der Waals surface area contributed by atoms with Crippen molar-refractivity contribution in [2.75, 3.05) is 6.61 Å². The predicted octanol–water partition coefficient (Wildman–Crippen LogP) is 2.67. The van der Waals surface area contributed by atoms with E-state index in [0.717, 1.165) is 6.20 Å². The van der Waals surface area contributed by atoms with Crippen LogP contribution in [0.3, 0.4) is 0 Å². The summed E-state index contributed by atoms with van der Waals surface area (Å²) in [7, 11) is 0. The molecule has 3 nitrogen and oxygen atoms in total. The number of ether oxygens (including phenoxy) is 1. The van der Waals surface area contributed by atoms with Crippen LogP contribution in [0.15, 0.2) is 36.7 Å². The highest BCUT2D eigenvalue weighted by molar-refractivity contribution is 5.40. The van der Waals surface area contributed by atoms with Crippen LogP contribution in [-0.2, 0) is 6.61 Å². The molecule has 0 aliphatic carbocycles. The molecular weight excluding hydrogens is 276 g/mol. The normalized spacial score (nSPS) is 9.86. The van der Waals surface area contributed by atoms with Crippen molar-refractivity contribution in [3.63, 3.8) is 0 Å². The molecule has 108 valence electrons. The summed E-state index contributed by atoms with van der Waals surface area (Å²) in [4.78, 5) is 3.69. The minimum absolute atomic E-state index is 0.00913. The molecule has 0 unspecified atom stereocenters. The third kappa shape index (κ3) is 4.55. The number of pyridine rings is 1. The van der Waals surface area contributed by atoms with Crippen LogP contribution in [0.4, 0.5) is 8.78 Å². The summed E-state index contributed by atoms with van der Waals surface area (Å²) in [6, 6.07) is 5.51. The maximum absolute atomic E-state index is 13.6. The van der Waals surface area contributed by atoms with E-state index in [1.807, 2.05) is 0 Å². The Labute approximate surface area is 121 Å².